The van der Waals surface area contributed by atoms with E-state index in [0.29, 0.717) is 6.04 Å². The lowest BCUT2D eigenvalue weighted by atomic mass is 9.79. The summed E-state index contributed by atoms with van der Waals surface area (Å²) in [5.74, 6) is 2.70. The van der Waals surface area contributed by atoms with Crippen LogP contribution >= 0.6 is 0 Å². The van der Waals surface area contributed by atoms with Crippen LogP contribution in [0, 0.1) is 25.7 Å². The van der Waals surface area contributed by atoms with Crippen LogP contribution in [0.2, 0.25) is 0 Å². The summed E-state index contributed by atoms with van der Waals surface area (Å²) >= 11 is 0. The number of ether oxygens (including phenoxy) is 1. The van der Waals surface area contributed by atoms with Crippen molar-refractivity contribution in [3.63, 3.8) is 0 Å². The van der Waals surface area contributed by atoms with Gasteiger partial charge in [-0.05, 0) is 56.6 Å². The van der Waals surface area contributed by atoms with Gasteiger partial charge >= 0.3 is 0 Å². The SMILES string of the molecule is COc1c(C)ccc(NC2CCC(C)C(C)C2)c1C. The Morgan fingerprint density at radius 1 is 1.11 bits per heavy atom. The quantitative estimate of drug-likeness (QED) is 0.862. The molecule has 0 aliphatic heterocycles. The molecule has 1 aliphatic rings. The summed E-state index contributed by atoms with van der Waals surface area (Å²) in [6.07, 6.45) is 3.89. The van der Waals surface area contributed by atoms with Crippen LogP contribution < -0.4 is 10.1 Å². The average molecular weight is 261 g/mol. The molecular weight excluding hydrogens is 234 g/mol. The van der Waals surface area contributed by atoms with Gasteiger partial charge in [-0.1, -0.05) is 19.9 Å². The van der Waals surface area contributed by atoms with Crippen molar-refractivity contribution in [3.8, 4) is 5.75 Å². The van der Waals surface area contributed by atoms with Gasteiger partial charge in [-0.25, -0.2) is 0 Å². The number of aryl methyl sites for hydroxylation is 1. The molecule has 1 aliphatic carbocycles. The van der Waals surface area contributed by atoms with Gasteiger partial charge < -0.3 is 10.1 Å². The molecule has 2 heteroatoms. The van der Waals surface area contributed by atoms with Gasteiger partial charge in [-0.2, -0.15) is 0 Å². The third-order valence-corrected chi connectivity index (χ3v) is 4.76. The topological polar surface area (TPSA) is 21.3 Å². The molecule has 0 amide bonds. The van der Waals surface area contributed by atoms with E-state index in [1.165, 1.54) is 36.1 Å². The first kappa shape index (κ1) is 14.2. The van der Waals surface area contributed by atoms with E-state index in [1.807, 2.05) is 0 Å². The molecule has 1 N–H and O–H groups in total. The highest BCUT2D eigenvalue weighted by atomic mass is 16.5. The van der Waals surface area contributed by atoms with E-state index in [0.717, 1.165) is 17.6 Å². The molecule has 0 saturated heterocycles. The van der Waals surface area contributed by atoms with E-state index >= 15 is 0 Å². The van der Waals surface area contributed by atoms with Crippen LogP contribution in [-0.2, 0) is 0 Å². The Labute approximate surface area is 117 Å². The molecule has 1 saturated carbocycles. The largest absolute Gasteiger partial charge is 0.496 e. The van der Waals surface area contributed by atoms with E-state index < -0.39 is 0 Å². The van der Waals surface area contributed by atoms with Crippen molar-refractivity contribution in [1.82, 2.24) is 0 Å². The third-order valence-electron chi connectivity index (χ3n) is 4.76. The predicted octanol–water partition coefficient (Wildman–Crippen LogP) is 4.55. The van der Waals surface area contributed by atoms with Gasteiger partial charge in [0.15, 0.2) is 0 Å². The van der Waals surface area contributed by atoms with Crippen LogP contribution in [0.15, 0.2) is 12.1 Å². The lowest BCUT2D eigenvalue weighted by Gasteiger charge is -2.33. The molecule has 1 fully saturated rings. The molecule has 1 aromatic carbocycles. The zero-order valence-corrected chi connectivity index (χ0v) is 12.9. The summed E-state index contributed by atoms with van der Waals surface area (Å²) in [4.78, 5) is 0. The molecule has 3 unspecified atom stereocenters. The van der Waals surface area contributed by atoms with Crippen LogP contribution in [0.4, 0.5) is 5.69 Å². The fourth-order valence-electron chi connectivity index (χ4n) is 3.20. The smallest absolute Gasteiger partial charge is 0.126 e. The first-order valence-corrected chi connectivity index (χ1v) is 7.43. The Morgan fingerprint density at radius 3 is 2.47 bits per heavy atom. The summed E-state index contributed by atoms with van der Waals surface area (Å²) in [6, 6.07) is 4.94. The van der Waals surface area contributed by atoms with Crippen molar-refractivity contribution in [2.75, 3.05) is 12.4 Å². The summed E-state index contributed by atoms with van der Waals surface area (Å²) in [5.41, 5.74) is 3.67. The maximum absolute atomic E-state index is 5.50. The number of methoxy groups -OCH3 is 1. The van der Waals surface area contributed by atoms with E-state index in [9.17, 15) is 0 Å². The van der Waals surface area contributed by atoms with Gasteiger partial charge in [-0.15, -0.1) is 0 Å². The molecule has 0 bridgehead atoms. The summed E-state index contributed by atoms with van der Waals surface area (Å²) < 4.78 is 5.50. The number of rotatable bonds is 3. The second kappa shape index (κ2) is 5.85. The van der Waals surface area contributed by atoms with Crippen molar-refractivity contribution in [1.29, 1.82) is 0 Å². The maximum atomic E-state index is 5.50. The Balaban J connectivity index is 2.11. The molecule has 106 valence electrons. The number of hydrogen-bond acceptors (Lipinski definition) is 2. The van der Waals surface area contributed by atoms with Crippen LogP contribution in [0.5, 0.6) is 5.75 Å². The number of hydrogen-bond donors (Lipinski definition) is 1. The molecule has 0 radical (unpaired) electrons. The highest BCUT2D eigenvalue weighted by molar-refractivity contribution is 5.60. The Kier molecular flexibility index (Phi) is 4.38. The first-order chi connectivity index (χ1) is 9.02. The Hall–Kier alpha value is -1.18. The Morgan fingerprint density at radius 2 is 1.84 bits per heavy atom. The summed E-state index contributed by atoms with van der Waals surface area (Å²) in [7, 11) is 1.75. The van der Waals surface area contributed by atoms with E-state index in [4.69, 9.17) is 4.74 Å². The van der Waals surface area contributed by atoms with Crippen LogP contribution in [0.3, 0.4) is 0 Å². The minimum Gasteiger partial charge on any atom is -0.496 e. The normalized spacial score (nSPS) is 27.1. The van der Waals surface area contributed by atoms with E-state index in [2.05, 4.69) is 45.1 Å². The van der Waals surface area contributed by atoms with Crippen molar-refractivity contribution in [3.05, 3.63) is 23.3 Å². The predicted molar refractivity (Wildman–Crippen MR) is 82.1 cm³/mol. The van der Waals surface area contributed by atoms with Crippen molar-refractivity contribution >= 4 is 5.69 Å². The van der Waals surface area contributed by atoms with Gasteiger partial charge in [0.05, 0.1) is 7.11 Å². The molecule has 2 nitrogen and oxygen atoms in total. The lowest BCUT2D eigenvalue weighted by molar-refractivity contribution is 0.261. The van der Waals surface area contributed by atoms with Gasteiger partial charge in [0.25, 0.3) is 0 Å². The second-order valence-electron chi connectivity index (χ2n) is 6.20. The molecular formula is C17H27NO. The zero-order valence-electron chi connectivity index (χ0n) is 12.9. The van der Waals surface area contributed by atoms with Crippen LogP contribution in [-0.4, -0.2) is 13.2 Å². The summed E-state index contributed by atoms with van der Waals surface area (Å²) in [5, 5.41) is 3.72. The average Bonchev–Trinajstić information content (AvgIpc) is 2.38. The molecule has 19 heavy (non-hydrogen) atoms. The lowest BCUT2D eigenvalue weighted by Crippen LogP contribution is -2.30. The highest BCUT2D eigenvalue weighted by Crippen LogP contribution is 2.34. The van der Waals surface area contributed by atoms with Crippen LogP contribution in [0.1, 0.15) is 44.2 Å². The number of benzene rings is 1. The minimum absolute atomic E-state index is 0.609. The zero-order chi connectivity index (χ0) is 14.0. The first-order valence-electron chi connectivity index (χ1n) is 7.43. The highest BCUT2D eigenvalue weighted by Gasteiger charge is 2.24. The van der Waals surface area contributed by atoms with Crippen LogP contribution in [0.25, 0.3) is 0 Å². The van der Waals surface area contributed by atoms with Crippen molar-refractivity contribution in [2.24, 2.45) is 11.8 Å². The standard InChI is InChI=1S/C17H27NO/c1-11-6-8-15(10-13(11)3)18-16-9-7-12(2)17(19-5)14(16)4/h7,9,11,13,15,18H,6,8,10H2,1-5H3. The van der Waals surface area contributed by atoms with Gasteiger partial charge in [0.2, 0.25) is 0 Å². The molecule has 2 rings (SSSR count). The third kappa shape index (κ3) is 3.05. The molecule has 0 heterocycles. The maximum Gasteiger partial charge on any atom is 0.126 e. The minimum atomic E-state index is 0.609. The van der Waals surface area contributed by atoms with E-state index in [1.54, 1.807) is 7.11 Å². The fourth-order valence-corrected chi connectivity index (χ4v) is 3.20. The Bertz CT molecular complexity index is 441. The molecule has 0 spiro atoms. The van der Waals surface area contributed by atoms with Gasteiger partial charge in [-0.3, -0.25) is 0 Å². The molecule has 0 aromatic heterocycles. The molecule has 3 atom stereocenters. The monoisotopic (exact) mass is 261 g/mol. The van der Waals surface area contributed by atoms with Gasteiger partial charge in [0.1, 0.15) is 5.75 Å². The van der Waals surface area contributed by atoms with Crippen molar-refractivity contribution in [2.45, 2.75) is 53.0 Å². The number of anilines is 1. The fraction of sp³-hybridized carbons (Fsp3) is 0.647. The van der Waals surface area contributed by atoms with E-state index in [-0.39, 0.29) is 0 Å². The number of nitrogens with one attached hydrogen (secondary N) is 1. The van der Waals surface area contributed by atoms with Crippen molar-refractivity contribution < 1.29 is 4.74 Å². The van der Waals surface area contributed by atoms with Gasteiger partial charge in [0, 0.05) is 17.3 Å². The second-order valence-corrected chi connectivity index (χ2v) is 6.20. The summed E-state index contributed by atoms with van der Waals surface area (Å²) in [6.45, 7) is 8.99. The molecule has 1 aromatic rings.